The van der Waals surface area contributed by atoms with Gasteiger partial charge in [-0.05, 0) is 42.9 Å². The van der Waals surface area contributed by atoms with Gasteiger partial charge in [-0.1, -0.05) is 12.1 Å². The van der Waals surface area contributed by atoms with E-state index in [1.54, 1.807) is 4.57 Å². The monoisotopic (exact) mass is 276 g/mol. The molecular weight excluding hydrogens is 266 g/mol. The Balaban J connectivity index is 2.42. The summed E-state index contributed by atoms with van der Waals surface area (Å²) >= 11 is 5.24. The van der Waals surface area contributed by atoms with Crippen molar-refractivity contribution >= 4 is 23.3 Å². The highest BCUT2D eigenvalue weighted by Gasteiger charge is 2.10. The number of nitrogens with one attached hydrogen (secondary N) is 1. The van der Waals surface area contributed by atoms with Crippen LogP contribution in [0, 0.1) is 23.3 Å². The number of imidazole rings is 1. The van der Waals surface area contributed by atoms with E-state index in [9.17, 15) is 8.78 Å². The summed E-state index contributed by atoms with van der Waals surface area (Å²) in [6.45, 7) is 1.93. The molecule has 19 heavy (non-hydrogen) atoms. The first-order valence-corrected chi connectivity index (χ1v) is 6.14. The first-order chi connectivity index (χ1) is 9.06. The van der Waals surface area contributed by atoms with Crippen LogP contribution in [0.3, 0.4) is 0 Å². The van der Waals surface area contributed by atoms with Crippen LogP contribution < -0.4 is 0 Å². The van der Waals surface area contributed by atoms with Crippen LogP contribution in [0.5, 0.6) is 0 Å². The number of rotatable bonds is 1. The summed E-state index contributed by atoms with van der Waals surface area (Å²) in [5.41, 5.74) is 3.03. The zero-order valence-corrected chi connectivity index (χ0v) is 10.9. The zero-order valence-electron chi connectivity index (χ0n) is 10.1. The lowest BCUT2D eigenvalue weighted by Crippen LogP contribution is -1.97. The molecule has 2 nitrogen and oxygen atoms in total. The van der Waals surface area contributed by atoms with Crippen molar-refractivity contribution in [2.24, 2.45) is 0 Å². The van der Waals surface area contributed by atoms with E-state index >= 15 is 0 Å². The van der Waals surface area contributed by atoms with E-state index in [1.165, 1.54) is 12.1 Å². The molecule has 0 bridgehead atoms. The Morgan fingerprint density at radius 2 is 1.79 bits per heavy atom. The fraction of sp³-hybridized carbons (Fsp3) is 0.0714. The standard InChI is InChI=1S/C14H10F2N2S/c1-8-3-2-4-12-13(8)18(14(19)17-12)11-6-9(15)5-10(16)7-11/h2-7H,1H3,(H,17,19). The van der Waals surface area contributed by atoms with Crippen molar-refractivity contribution in [2.75, 3.05) is 0 Å². The van der Waals surface area contributed by atoms with Gasteiger partial charge in [-0.25, -0.2) is 8.78 Å². The Labute approximate surface area is 113 Å². The molecule has 0 atom stereocenters. The fourth-order valence-electron chi connectivity index (χ4n) is 2.24. The first-order valence-electron chi connectivity index (χ1n) is 5.73. The van der Waals surface area contributed by atoms with Crippen LogP contribution in [-0.2, 0) is 0 Å². The van der Waals surface area contributed by atoms with Crippen molar-refractivity contribution < 1.29 is 8.78 Å². The molecule has 0 saturated carbocycles. The second-order valence-electron chi connectivity index (χ2n) is 4.36. The molecule has 3 rings (SSSR count). The van der Waals surface area contributed by atoms with Crippen LogP contribution >= 0.6 is 12.2 Å². The van der Waals surface area contributed by atoms with Gasteiger partial charge in [0, 0.05) is 6.07 Å². The minimum Gasteiger partial charge on any atom is -0.330 e. The quantitative estimate of drug-likeness (QED) is 0.658. The van der Waals surface area contributed by atoms with E-state index in [4.69, 9.17) is 12.2 Å². The first kappa shape index (κ1) is 12.0. The predicted molar refractivity (Wildman–Crippen MR) is 73.1 cm³/mol. The van der Waals surface area contributed by atoms with Crippen LogP contribution in [0.4, 0.5) is 8.78 Å². The van der Waals surface area contributed by atoms with Gasteiger partial charge in [-0.3, -0.25) is 4.57 Å². The molecule has 0 spiro atoms. The van der Waals surface area contributed by atoms with Crippen molar-refractivity contribution in [3.63, 3.8) is 0 Å². The number of benzene rings is 2. The molecule has 0 saturated heterocycles. The van der Waals surface area contributed by atoms with E-state index in [2.05, 4.69) is 4.98 Å². The Kier molecular flexibility index (Phi) is 2.71. The normalized spacial score (nSPS) is 11.1. The summed E-state index contributed by atoms with van der Waals surface area (Å²) in [6.07, 6.45) is 0. The molecule has 1 N–H and O–H groups in total. The minimum absolute atomic E-state index is 0.378. The van der Waals surface area contributed by atoms with Gasteiger partial charge in [0.05, 0.1) is 16.7 Å². The lowest BCUT2D eigenvalue weighted by Gasteiger charge is -2.07. The van der Waals surface area contributed by atoms with E-state index in [0.717, 1.165) is 22.7 Å². The highest BCUT2D eigenvalue weighted by molar-refractivity contribution is 7.71. The zero-order chi connectivity index (χ0) is 13.6. The molecule has 0 aliphatic rings. The molecule has 0 aliphatic carbocycles. The largest absolute Gasteiger partial charge is 0.330 e. The van der Waals surface area contributed by atoms with Gasteiger partial charge < -0.3 is 4.98 Å². The summed E-state index contributed by atoms with van der Waals surface area (Å²) in [6, 6.07) is 9.08. The molecule has 3 aromatic rings. The lowest BCUT2D eigenvalue weighted by atomic mass is 10.2. The molecule has 0 unspecified atom stereocenters. The second kappa shape index (κ2) is 4.28. The van der Waals surface area contributed by atoms with Crippen molar-refractivity contribution in [3.8, 4) is 5.69 Å². The summed E-state index contributed by atoms with van der Waals surface area (Å²) in [5.74, 6) is -1.25. The third-order valence-corrected chi connectivity index (χ3v) is 3.30. The maximum Gasteiger partial charge on any atom is 0.182 e. The van der Waals surface area contributed by atoms with Crippen molar-refractivity contribution in [1.29, 1.82) is 0 Å². The third kappa shape index (κ3) is 1.96. The Hall–Kier alpha value is -2.01. The molecule has 96 valence electrons. The summed E-state index contributed by atoms with van der Waals surface area (Å²) in [4.78, 5) is 3.04. The van der Waals surface area contributed by atoms with Crippen LogP contribution in [0.1, 0.15) is 5.56 Å². The number of aromatic nitrogens is 2. The number of H-pyrrole nitrogens is 1. The molecule has 5 heteroatoms. The predicted octanol–water partition coefficient (Wildman–Crippen LogP) is 4.27. The highest BCUT2D eigenvalue weighted by Crippen LogP contribution is 2.23. The van der Waals surface area contributed by atoms with E-state index in [-0.39, 0.29) is 0 Å². The lowest BCUT2D eigenvalue weighted by molar-refractivity contribution is 0.581. The van der Waals surface area contributed by atoms with Crippen LogP contribution in [0.25, 0.3) is 16.7 Å². The molecule has 1 aromatic heterocycles. The molecule has 0 fully saturated rings. The maximum absolute atomic E-state index is 13.4. The topological polar surface area (TPSA) is 20.7 Å². The fourth-order valence-corrected chi connectivity index (χ4v) is 2.55. The number of nitrogens with zero attached hydrogens (tertiary/aromatic N) is 1. The van der Waals surface area contributed by atoms with Crippen molar-refractivity contribution in [2.45, 2.75) is 6.92 Å². The number of para-hydroxylation sites is 1. The number of halogens is 2. The highest BCUT2D eigenvalue weighted by atomic mass is 32.1. The van der Waals surface area contributed by atoms with Crippen LogP contribution in [-0.4, -0.2) is 9.55 Å². The van der Waals surface area contributed by atoms with Crippen molar-refractivity contribution in [3.05, 3.63) is 58.4 Å². The summed E-state index contributed by atoms with van der Waals surface area (Å²) in [5, 5.41) is 0. The Morgan fingerprint density at radius 1 is 1.11 bits per heavy atom. The smallest absolute Gasteiger partial charge is 0.182 e. The van der Waals surface area contributed by atoms with Gasteiger partial charge in [0.1, 0.15) is 11.6 Å². The van der Waals surface area contributed by atoms with E-state index in [1.807, 2.05) is 25.1 Å². The van der Waals surface area contributed by atoms with Gasteiger partial charge in [0.25, 0.3) is 0 Å². The van der Waals surface area contributed by atoms with Gasteiger partial charge in [-0.15, -0.1) is 0 Å². The van der Waals surface area contributed by atoms with Gasteiger partial charge in [0.15, 0.2) is 4.77 Å². The molecule has 1 heterocycles. The number of aromatic amines is 1. The maximum atomic E-state index is 13.4. The summed E-state index contributed by atoms with van der Waals surface area (Å²) < 4.78 is 28.8. The third-order valence-electron chi connectivity index (χ3n) is 3.01. The van der Waals surface area contributed by atoms with Gasteiger partial charge >= 0.3 is 0 Å². The second-order valence-corrected chi connectivity index (χ2v) is 4.75. The molecule has 0 aliphatic heterocycles. The van der Waals surface area contributed by atoms with Gasteiger partial charge in [-0.2, -0.15) is 0 Å². The van der Waals surface area contributed by atoms with E-state index < -0.39 is 11.6 Å². The Bertz CT molecular complexity index is 813. The number of fused-ring (bicyclic) bond motifs is 1. The van der Waals surface area contributed by atoms with Gasteiger partial charge in [0.2, 0.25) is 0 Å². The molecular formula is C14H10F2N2S. The van der Waals surface area contributed by atoms with Crippen LogP contribution in [0.2, 0.25) is 0 Å². The Morgan fingerprint density at radius 3 is 2.47 bits per heavy atom. The number of aryl methyl sites for hydroxylation is 1. The SMILES string of the molecule is Cc1cccc2[nH]c(=S)n(-c3cc(F)cc(F)c3)c12. The van der Waals surface area contributed by atoms with Crippen molar-refractivity contribution in [1.82, 2.24) is 9.55 Å². The average molecular weight is 276 g/mol. The average Bonchev–Trinajstić information content (AvgIpc) is 2.65. The minimum atomic E-state index is -0.625. The number of hydrogen-bond donors (Lipinski definition) is 1. The molecule has 0 radical (unpaired) electrons. The molecule has 0 amide bonds. The molecule has 2 aromatic carbocycles. The van der Waals surface area contributed by atoms with E-state index in [0.29, 0.717) is 10.5 Å². The number of hydrogen-bond acceptors (Lipinski definition) is 1. The summed E-state index contributed by atoms with van der Waals surface area (Å²) in [7, 11) is 0. The van der Waals surface area contributed by atoms with Crippen LogP contribution in [0.15, 0.2) is 36.4 Å².